The number of likely N-dealkylation sites (tertiary alicyclic amines) is 1. The Morgan fingerprint density at radius 2 is 1.86 bits per heavy atom. The number of nitrogens with zero attached hydrogens (tertiary/aromatic N) is 3. The number of amides is 1. The molecule has 1 aromatic carbocycles. The second kappa shape index (κ2) is 6.34. The Hall–Kier alpha value is -2.10. The minimum absolute atomic E-state index is 0.274. The Morgan fingerprint density at radius 1 is 1.18 bits per heavy atom. The topological polar surface area (TPSA) is 38.1 Å². The van der Waals surface area contributed by atoms with Gasteiger partial charge in [0, 0.05) is 38.3 Å². The van der Waals surface area contributed by atoms with E-state index in [1.165, 1.54) is 5.56 Å². The summed E-state index contributed by atoms with van der Waals surface area (Å²) in [6.45, 7) is 3.94. The quantitative estimate of drug-likeness (QED) is 0.870. The minimum Gasteiger partial charge on any atom is -0.343 e. The lowest BCUT2D eigenvalue weighted by molar-refractivity contribution is -0.130. The molecule has 0 radical (unpaired) electrons. The van der Waals surface area contributed by atoms with Crippen LogP contribution >= 0.6 is 0 Å². The maximum Gasteiger partial charge on any atom is 0.222 e. The van der Waals surface area contributed by atoms with Crippen LogP contribution in [0.3, 0.4) is 0 Å². The standard InChI is InChI=1S/C18H23N3O/c1-14-5-7-15(8-6-14)18-16(13-20(2)19-18)9-10-17(22)21-11-3-4-12-21/h5-8,13H,3-4,9-12H2,1-2H3. The molecule has 0 atom stereocenters. The van der Waals surface area contributed by atoms with Gasteiger partial charge in [-0.15, -0.1) is 0 Å². The van der Waals surface area contributed by atoms with Gasteiger partial charge >= 0.3 is 0 Å². The number of hydrogen-bond acceptors (Lipinski definition) is 2. The molecule has 4 heteroatoms. The Morgan fingerprint density at radius 3 is 2.55 bits per heavy atom. The van der Waals surface area contributed by atoms with Crippen molar-refractivity contribution in [3.63, 3.8) is 0 Å². The third-order valence-electron chi connectivity index (χ3n) is 4.30. The molecule has 2 heterocycles. The van der Waals surface area contributed by atoms with Crippen LogP contribution in [0.4, 0.5) is 0 Å². The summed E-state index contributed by atoms with van der Waals surface area (Å²) in [5.41, 5.74) is 4.51. The molecule has 0 N–H and O–H groups in total. The van der Waals surface area contributed by atoms with Crippen molar-refractivity contribution in [3.8, 4) is 11.3 Å². The molecule has 1 aliphatic rings. The van der Waals surface area contributed by atoms with Gasteiger partial charge in [-0.05, 0) is 31.7 Å². The molecule has 0 unspecified atom stereocenters. The Balaban J connectivity index is 1.73. The lowest BCUT2D eigenvalue weighted by Crippen LogP contribution is -2.27. The highest BCUT2D eigenvalue weighted by Gasteiger charge is 2.19. The number of carbonyl (C=O) groups is 1. The van der Waals surface area contributed by atoms with Crippen LogP contribution in [-0.4, -0.2) is 33.7 Å². The van der Waals surface area contributed by atoms with Crippen LogP contribution in [0.5, 0.6) is 0 Å². The van der Waals surface area contributed by atoms with Gasteiger partial charge in [0.1, 0.15) is 0 Å². The van der Waals surface area contributed by atoms with E-state index in [9.17, 15) is 4.79 Å². The molecular formula is C18H23N3O. The van der Waals surface area contributed by atoms with Crippen LogP contribution in [0.2, 0.25) is 0 Å². The van der Waals surface area contributed by atoms with E-state index in [0.29, 0.717) is 6.42 Å². The van der Waals surface area contributed by atoms with E-state index < -0.39 is 0 Å². The zero-order valence-corrected chi connectivity index (χ0v) is 13.4. The fourth-order valence-electron chi connectivity index (χ4n) is 3.04. The number of hydrogen-bond donors (Lipinski definition) is 0. The summed E-state index contributed by atoms with van der Waals surface area (Å²) in [7, 11) is 1.93. The van der Waals surface area contributed by atoms with E-state index >= 15 is 0 Å². The van der Waals surface area contributed by atoms with Crippen LogP contribution in [0.25, 0.3) is 11.3 Å². The molecule has 3 rings (SSSR count). The Kier molecular flexibility index (Phi) is 4.27. The van der Waals surface area contributed by atoms with E-state index in [0.717, 1.165) is 49.2 Å². The lowest BCUT2D eigenvalue weighted by atomic mass is 10.0. The molecular weight excluding hydrogens is 274 g/mol. The smallest absolute Gasteiger partial charge is 0.222 e. The van der Waals surface area contributed by atoms with Crippen molar-refractivity contribution in [2.75, 3.05) is 13.1 Å². The van der Waals surface area contributed by atoms with Crippen LogP contribution in [0.15, 0.2) is 30.5 Å². The molecule has 2 aromatic rings. The molecule has 1 saturated heterocycles. The number of benzene rings is 1. The molecule has 1 amide bonds. The van der Waals surface area contributed by atoms with Gasteiger partial charge in [0.05, 0.1) is 5.69 Å². The summed E-state index contributed by atoms with van der Waals surface area (Å²) in [4.78, 5) is 14.2. The van der Waals surface area contributed by atoms with Crippen molar-refractivity contribution in [2.24, 2.45) is 7.05 Å². The van der Waals surface area contributed by atoms with E-state index in [4.69, 9.17) is 0 Å². The third-order valence-corrected chi connectivity index (χ3v) is 4.30. The fourth-order valence-corrected chi connectivity index (χ4v) is 3.04. The third kappa shape index (κ3) is 3.21. The normalized spacial score (nSPS) is 14.5. The summed E-state index contributed by atoms with van der Waals surface area (Å²) in [6, 6.07) is 8.40. The maximum atomic E-state index is 12.2. The molecule has 0 spiro atoms. The average molecular weight is 297 g/mol. The highest BCUT2D eigenvalue weighted by atomic mass is 16.2. The van der Waals surface area contributed by atoms with Crippen LogP contribution in [0.1, 0.15) is 30.4 Å². The van der Waals surface area contributed by atoms with Gasteiger partial charge in [0.2, 0.25) is 5.91 Å². The number of aryl methyl sites for hydroxylation is 3. The number of rotatable bonds is 4. The van der Waals surface area contributed by atoms with Crippen molar-refractivity contribution in [2.45, 2.75) is 32.6 Å². The van der Waals surface area contributed by atoms with Crippen molar-refractivity contribution < 1.29 is 4.79 Å². The van der Waals surface area contributed by atoms with Crippen molar-refractivity contribution in [1.29, 1.82) is 0 Å². The molecule has 116 valence electrons. The first-order valence-electron chi connectivity index (χ1n) is 8.01. The molecule has 0 saturated carbocycles. The molecule has 0 bridgehead atoms. The van der Waals surface area contributed by atoms with E-state index in [2.05, 4.69) is 36.3 Å². The van der Waals surface area contributed by atoms with Gasteiger partial charge in [0.15, 0.2) is 0 Å². The maximum absolute atomic E-state index is 12.2. The SMILES string of the molecule is Cc1ccc(-c2nn(C)cc2CCC(=O)N2CCCC2)cc1. The Bertz CT molecular complexity index is 651. The summed E-state index contributed by atoms with van der Waals surface area (Å²) in [5.74, 6) is 0.274. The first-order chi connectivity index (χ1) is 10.6. The molecule has 1 fully saturated rings. The van der Waals surface area contributed by atoms with Gasteiger partial charge in [-0.2, -0.15) is 5.10 Å². The Labute approximate surface area is 131 Å². The first-order valence-corrected chi connectivity index (χ1v) is 8.01. The summed E-state index contributed by atoms with van der Waals surface area (Å²) in [5, 5.41) is 4.58. The second-order valence-electron chi connectivity index (χ2n) is 6.13. The lowest BCUT2D eigenvalue weighted by Gasteiger charge is -2.14. The predicted molar refractivity (Wildman–Crippen MR) is 87.5 cm³/mol. The van der Waals surface area contributed by atoms with Gasteiger partial charge in [0.25, 0.3) is 0 Å². The van der Waals surface area contributed by atoms with Gasteiger partial charge < -0.3 is 4.90 Å². The van der Waals surface area contributed by atoms with Crippen molar-refractivity contribution in [1.82, 2.24) is 14.7 Å². The van der Waals surface area contributed by atoms with Crippen molar-refractivity contribution >= 4 is 5.91 Å². The van der Waals surface area contributed by atoms with Crippen LogP contribution in [-0.2, 0) is 18.3 Å². The molecule has 4 nitrogen and oxygen atoms in total. The molecule has 22 heavy (non-hydrogen) atoms. The molecule has 1 aliphatic heterocycles. The van der Waals surface area contributed by atoms with Gasteiger partial charge in [-0.1, -0.05) is 29.8 Å². The van der Waals surface area contributed by atoms with E-state index in [1.54, 1.807) is 0 Å². The summed E-state index contributed by atoms with van der Waals surface area (Å²) in [6.07, 6.45) is 5.66. The zero-order chi connectivity index (χ0) is 15.5. The van der Waals surface area contributed by atoms with Crippen LogP contribution in [0, 0.1) is 6.92 Å². The minimum atomic E-state index is 0.274. The number of carbonyl (C=O) groups excluding carboxylic acids is 1. The van der Waals surface area contributed by atoms with Gasteiger partial charge in [-0.3, -0.25) is 9.48 Å². The summed E-state index contributed by atoms with van der Waals surface area (Å²) < 4.78 is 1.84. The van der Waals surface area contributed by atoms with E-state index in [1.807, 2.05) is 22.8 Å². The highest BCUT2D eigenvalue weighted by molar-refractivity contribution is 5.77. The van der Waals surface area contributed by atoms with Crippen LogP contribution < -0.4 is 0 Å². The molecule has 1 aromatic heterocycles. The van der Waals surface area contributed by atoms with Gasteiger partial charge in [-0.25, -0.2) is 0 Å². The first kappa shape index (κ1) is 14.8. The zero-order valence-electron chi connectivity index (χ0n) is 13.4. The predicted octanol–water partition coefficient (Wildman–Crippen LogP) is 2.95. The second-order valence-corrected chi connectivity index (χ2v) is 6.13. The average Bonchev–Trinajstić information content (AvgIpc) is 3.15. The molecule has 0 aliphatic carbocycles. The monoisotopic (exact) mass is 297 g/mol. The highest BCUT2D eigenvalue weighted by Crippen LogP contribution is 2.24. The largest absolute Gasteiger partial charge is 0.343 e. The fraction of sp³-hybridized carbons (Fsp3) is 0.444. The summed E-state index contributed by atoms with van der Waals surface area (Å²) >= 11 is 0. The number of aromatic nitrogens is 2. The van der Waals surface area contributed by atoms with E-state index in [-0.39, 0.29) is 5.91 Å². The van der Waals surface area contributed by atoms with Crippen molar-refractivity contribution in [3.05, 3.63) is 41.6 Å².